The van der Waals surface area contributed by atoms with Gasteiger partial charge in [-0.25, -0.2) is 0 Å². The van der Waals surface area contributed by atoms with Crippen molar-refractivity contribution >= 4 is 5.91 Å². The molecule has 0 aliphatic rings. The van der Waals surface area contributed by atoms with Crippen LogP contribution < -0.4 is 5.32 Å². The topological polar surface area (TPSA) is 88.2 Å². The van der Waals surface area contributed by atoms with Crippen LogP contribution in [0.25, 0.3) is 11.5 Å². The van der Waals surface area contributed by atoms with Crippen LogP contribution in [0.3, 0.4) is 0 Å². The smallest absolute Gasteiger partial charge is 0.258 e. The van der Waals surface area contributed by atoms with Crippen molar-refractivity contribution in [3.05, 3.63) is 35.7 Å². The number of nitrogens with one attached hydrogen (secondary N) is 1. The summed E-state index contributed by atoms with van der Waals surface area (Å²) in [5.41, 5.74) is 0.633. The average molecular weight is 331 g/mol. The van der Waals surface area contributed by atoms with E-state index in [0.29, 0.717) is 29.4 Å². The predicted molar refractivity (Wildman–Crippen MR) is 91.4 cm³/mol. The average Bonchev–Trinajstić information content (AvgIpc) is 2.98. The van der Waals surface area contributed by atoms with Gasteiger partial charge in [0, 0.05) is 12.0 Å². The first-order valence-electron chi connectivity index (χ1n) is 8.08. The van der Waals surface area contributed by atoms with Gasteiger partial charge in [0.1, 0.15) is 0 Å². The molecular formula is C18H25N3O3. The second-order valence-electron chi connectivity index (χ2n) is 7.05. The Hall–Kier alpha value is -2.21. The van der Waals surface area contributed by atoms with Crippen LogP contribution in [-0.2, 0) is 0 Å². The molecule has 0 aliphatic carbocycles. The largest absolute Gasteiger partial charge is 0.392 e. The molecule has 6 heteroatoms. The monoisotopic (exact) mass is 331 g/mol. The van der Waals surface area contributed by atoms with Crippen molar-refractivity contribution in [2.45, 2.75) is 40.7 Å². The summed E-state index contributed by atoms with van der Waals surface area (Å²) in [5.74, 6) is 0.720. The minimum Gasteiger partial charge on any atom is -0.392 e. The molecular weight excluding hydrogens is 306 g/mol. The molecule has 0 bridgehead atoms. The fourth-order valence-corrected chi connectivity index (χ4v) is 2.68. The Morgan fingerprint density at radius 3 is 2.58 bits per heavy atom. The minimum atomic E-state index is -0.508. The number of amides is 1. The molecule has 0 fully saturated rings. The van der Waals surface area contributed by atoms with Gasteiger partial charge in [0.25, 0.3) is 11.8 Å². The molecule has 2 N–H and O–H groups in total. The van der Waals surface area contributed by atoms with Gasteiger partial charge >= 0.3 is 0 Å². The van der Waals surface area contributed by atoms with Crippen LogP contribution in [-0.4, -0.2) is 33.8 Å². The molecule has 1 aromatic carbocycles. The van der Waals surface area contributed by atoms with E-state index >= 15 is 0 Å². The summed E-state index contributed by atoms with van der Waals surface area (Å²) in [6.45, 7) is 9.88. The van der Waals surface area contributed by atoms with Gasteiger partial charge in [0.2, 0.25) is 0 Å². The van der Waals surface area contributed by atoms with Crippen LogP contribution in [0, 0.1) is 18.3 Å². The zero-order valence-corrected chi connectivity index (χ0v) is 14.8. The summed E-state index contributed by atoms with van der Waals surface area (Å²) in [6.07, 6.45) is -0.508. The second kappa shape index (κ2) is 7.13. The highest BCUT2D eigenvalue weighted by atomic mass is 16.5. The van der Waals surface area contributed by atoms with E-state index in [-0.39, 0.29) is 11.8 Å². The van der Waals surface area contributed by atoms with Crippen LogP contribution in [0.1, 0.15) is 43.9 Å². The minimum absolute atomic E-state index is 0.116. The number of benzene rings is 1. The zero-order valence-electron chi connectivity index (χ0n) is 14.8. The highest BCUT2D eigenvalue weighted by Gasteiger charge is 2.31. The maximum Gasteiger partial charge on any atom is 0.258 e. The van der Waals surface area contributed by atoms with Gasteiger partial charge in [-0.1, -0.05) is 45.0 Å². The molecule has 24 heavy (non-hydrogen) atoms. The number of carbonyl (C=O) groups is 1. The molecule has 0 radical (unpaired) electrons. The number of rotatable bonds is 6. The Bertz CT molecular complexity index is 707. The van der Waals surface area contributed by atoms with Crippen molar-refractivity contribution < 1.29 is 14.4 Å². The Balaban J connectivity index is 2.17. The number of carbonyl (C=O) groups excluding carboxylic acids is 1. The normalized spacial score (nSPS) is 13.1. The number of hydrogen-bond acceptors (Lipinski definition) is 5. The molecule has 0 saturated heterocycles. The van der Waals surface area contributed by atoms with E-state index in [0.717, 1.165) is 0 Å². The number of aryl methyl sites for hydroxylation is 1. The summed E-state index contributed by atoms with van der Waals surface area (Å²) in [5, 5.41) is 17.0. The molecule has 0 spiro atoms. The fourth-order valence-electron chi connectivity index (χ4n) is 2.68. The first kappa shape index (κ1) is 18.1. The van der Waals surface area contributed by atoms with E-state index in [4.69, 9.17) is 4.52 Å². The van der Waals surface area contributed by atoms with E-state index in [1.54, 1.807) is 25.1 Å². The second-order valence-corrected chi connectivity index (χ2v) is 7.05. The summed E-state index contributed by atoms with van der Waals surface area (Å²) < 4.78 is 5.18. The van der Waals surface area contributed by atoms with Crippen LogP contribution >= 0.6 is 0 Å². The number of aliphatic hydroxyl groups excluding tert-OH is 1. The van der Waals surface area contributed by atoms with Crippen molar-refractivity contribution in [3.8, 4) is 11.5 Å². The standard InChI is InChI=1S/C18H25N3O3/c1-11(2)15(22)18(4,5)10-19-16(23)13-8-6-7-9-14(13)17-20-12(3)21-24-17/h6-9,11,15,22H,10H2,1-5H3,(H,19,23). The van der Waals surface area contributed by atoms with E-state index in [2.05, 4.69) is 15.5 Å². The Morgan fingerprint density at radius 2 is 2.00 bits per heavy atom. The summed E-state index contributed by atoms with van der Waals surface area (Å²) in [4.78, 5) is 16.8. The van der Waals surface area contributed by atoms with E-state index in [9.17, 15) is 9.90 Å². The lowest BCUT2D eigenvalue weighted by Gasteiger charge is -2.33. The van der Waals surface area contributed by atoms with E-state index in [1.165, 1.54) is 0 Å². The van der Waals surface area contributed by atoms with Crippen molar-refractivity contribution in [3.63, 3.8) is 0 Å². The van der Waals surface area contributed by atoms with E-state index < -0.39 is 11.5 Å². The van der Waals surface area contributed by atoms with Gasteiger partial charge in [-0.05, 0) is 25.0 Å². The molecule has 1 atom stereocenters. The van der Waals surface area contributed by atoms with Gasteiger partial charge in [-0.3, -0.25) is 4.79 Å². The predicted octanol–water partition coefficient (Wildman–Crippen LogP) is 2.82. The molecule has 1 amide bonds. The summed E-state index contributed by atoms with van der Waals surface area (Å²) >= 11 is 0. The van der Waals surface area contributed by atoms with Crippen LogP contribution in [0.4, 0.5) is 0 Å². The van der Waals surface area contributed by atoms with Gasteiger partial charge in [-0.15, -0.1) is 0 Å². The Kier molecular flexibility index (Phi) is 5.39. The molecule has 6 nitrogen and oxygen atoms in total. The Labute approximate surface area is 142 Å². The first-order chi connectivity index (χ1) is 11.2. The third-order valence-corrected chi connectivity index (χ3v) is 4.07. The van der Waals surface area contributed by atoms with Gasteiger partial charge in [-0.2, -0.15) is 4.98 Å². The third-order valence-electron chi connectivity index (χ3n) is 4.07. The van der Waals surface area contributed by atoms with Crippen molar-refractivity contribution in [1.29, 1.82) is 0 Å². The summed E-state index contributed by atoms with van der Waals surface area (Å²) in [7, 11) is 0. The number of aliphatic hydroxyl groups is 1. The SMILES string of the molecule is Cc1noc(-c2ccccc2C(=O)NCC(C)(C)C(O)C(C)C)n1. The van der Waals surface area contributed by atoms with Gasteiger partial charge in [0.15, 0.2) is 5.82 Å². The highest BCUT2D eigenvalue weighted by Crippen LogP contribution is 2.26. The number of aromatic nitrogens is 2. The molecule has 130 valence electrons. The highest BCUT2D eigenvalue weighted by molar-refractivity contribution is 5.99. The molecule has 0 aliphatic heterocycles. The van der Waals surface area contributed by atoms with Gasteiger partial charge < -0.3 is 14.9 Å². The molecule has 1 unspecified atom stereocenters. The lowest BCUT2D eigenvalue weighted by Crippen LogP contribution is -2.43. The molecule has 2 aromatic rings. The number of hydrogen-bond donors (Lipinski definition) is 2. The Morgan fingerprint density at radius 1 is 1.33 bits per heavy atom. The quantitative estimate of drug-likeness (QED) is 0.850. The lowest BCUT2D eigenvalue weighted by atomic mass is 9.80. The summed E-state index contributed by atoms with van der Waals surface area (Å²) in [6, 6.07) is 7.10. The van der Waals surface area contributed by atoms with Crippen LogP contribution in [0.5, 0.6) is 0 Å². The van der Waals surface area contributed by atoms with Crippen LogP contribution in [0.2, 0.25) is 0 Å². The van der Waals surface area contributed by atoms with Crippen LogP contribution in [0.15, 0.2) is 28.8 Å². The molecule has 0 saturated carbocycles. The molecule has 1 aromatic heterocycles. The van der Waals surface area contributed by atoms with Crippen molar-refractivity contribution in [2.75, 3.05) is 6.54 Å². The maximum absolute atomic E-state index is 12.6. The van der Waals surface area contributed by atoms with Crippen molar-refractivity contribution in [1.82, 2.24) is 15.5 Å². The maximum atomic E-state index is 12.6. The molecule has 2 rings (SSSR count). The third kappa shape index (κ3) is 4.00. The van der Waals surface area contributed by atoms with Crippen molar-refractivity contribution in [2.24, 2.45) is 11.3 Å². The van der Waals surface area contributed by atoms with E-state index in [1.807, 2.05) is 33.8 Å². The number of nitrogens with zero attached hydrogens (tertiary/aromatic N) is 2. The fraction of sp³-hybridized carbons (Fsp3) is 0.500. The lowest BCUT2D eigenvalue weighted by molar-refractivity contribution is 0.0138. The van der Waals surface area contributed by atoms with Gasteiger partial charge in [0.05, 0.1) is 17.2 Å². The first-order valence-corrected chi connectivity index (χ1v) is 8.08. The molecule has 1 heterocycles. The zero-order chi connectivity index (χ0) is 17.9.